The lowest BCUT2D eigenvalue weighted by molar-refractivity contribution is -0.110. The molecule has 0 bridgehead atoms. The quantitative estimate of drug-likeness (QED) is 0.762. The monoisotopic (exact) mass is 277 g/mol. The van der Waals surface area contributed by atoms with E-state index in [1.807, 2.05) is 0 Å². The predicted octanol–water partition coefficient (Wildman–Crippen LogP) is 0.656. The second-order valence-corrected chi connectivity index (χ2v) is 7.90. The van der Waals surface area contributed by atoms with Crippen LogP contribution in [0.15, 0.2) is 0 Å². The molecule has 104 valence electrons. The highest BCUT2D eigenvalue weighted by Crippen LogP contribution is 2.40. The van der Waals surface area contributed by atoms with Crippen molar-refractivity contribution in [2.75, 3.05) is 5.75 Å². The molecule has 1 amide bonds. The van der Waals surface area contributed by atoms with E-state index >= 15 is 0 Å². The molecular weight excluding hydrogens is 258 g/mol. The van der Waals surface area contributed by atoms with E-state index in [1.54, 1.807) is 20.8 Å². The van der Waals surface area contributed by atoms with Crippen molar-refractivity contribution in [2.24, 2.45) is 0 Å². The highest BCUT2D eigenvalue weighted by molar-refractivity contribution is 7.92. The van der Waals surface area contributed by atoms with E-state index in [2.05, 4.69) is 5.32 Å². The molecule has 1 saturated carbocycles. The largest absolute Gasteiger partial charge is 0.444 e. The Morgan fingerprint density at radius 1 is 1.50 bits per heavy atom. The Morgan fingerprint density at radius 3 is 2.44 bits per heavy atom. The number of alkyl carbamates (subject to hydrolysis) is 1. The van der Waals surface area contributed by atoms with Crippen LogP contribution in [0.1, 0.15) is 34.1 Å². The normalized spacial score (nSPS) is 27.4. The lowest BCUT2D eigenvalue weighted by Crippen LogP contribution is -2.45. The van der Waals surface area contributed by atoms with Crippen LogP contribution < -0.4 is 5.32 Å². The molecule has 6 nitrogen and oxygen atoms in total. The van der Waals surface area contributed by atoms with Gasteiger partial charge >= 0.3 is 6.09 Å². The number of amides is 1. The number of ether oxygens (including phenoxy) is 1. The molecule has 1 aliphatic carbocycles. The lowest BCUT2D eigenvalue weighted by atomic mass is 10.2. The van der Waals surface area contributed by atoms with Gasteiger partial charge in [-0.2, -0.15) is 0 Å². The Balaban J connectivity index is 2.72. The molecule has 1 rings (SSSR count). The number of hydrogen-bond donors (Lipinski definition) is 1. The molecule has 0 radical (unpaired) electrons. The van der Waals surface area contributed by atoms with Crippen LogP contribution in [0.3, 0.4) is 0 Å². The summed E-state index contributed by atoms with van der Waals surface area (Å²) in [5, 5.41) is 1.52. The molecule has 2 unspecified atom stereocenters. The van der Waals surface area contributed by atoms with Crippen molar-refractivity contribution < 1.29 is 22.7 Å². The van der Waals surface area contributed by atoms with Crippen LogP contribution in [0.5, 0.6) is 0 Å². The number of sulfone groups is 1. The fourth-order valence-corrected chi connectivity index (χ4v) is 3.36. The molecule has 2 atom stereocenters. The van der Waals surface area contributed by atoms with E-state index in [4.69, 9.17) is 4.74 Å². The molecule has 1 N–H and O–H groups in total. The number of aldehydes is 1. The predicted molar refractivity (Wildman–Crippen MR) is 66.0 cm³/mol. The maximum absolute atomic E-state index is 11.7. The van der Waals surface area contributed by atoms with Gasteiger partial charge in [0.1, 0.15) is 17.4 Å². The van der Waals surface area contributed by atoms with Crippen molar-refractivity contribution in [1.82, 2.24) is 5.32 Å². The zero-order chi connectivity index (χ0) is 14.2. The summed E-state index contributed by atoms with van der Waals surface area (Å²) in [6.45, 7) is 6.57. The summed E-state index contributed by atoms with van der Waals surface area (Å²) in [6, 6.07) is 0. The highest BCUT2D eigenvalue weighted by Gasteiger charge is 2.62. The molecule has 0 aliphatic heterocycles. The maximum Gasteiger partial charge on any atom is 0.408 e. The van der Waals surface area contributed by atoms with Gasteiger partial charge in [0.05, 0.1) is 5.25 Å². The molecule has 0 aromatic carbocycles. The summed E-state index contributed by atoms with van der Waals surface area (Å²) in [4.78, 5) is 22.6. The Bertz CT molecular complexity index is 451. The van der Waals surface area contributed by atoms with Crippen molar-refractivity contribution >= 4 is 22.2 Å². The number of nitrogens with one attached hydrogen (secondary N) is 1. The van der Waals surface area contributed by atoms with E-state index in [0.29, 0.717) is 6.29 Å². The van der Waals surface area contributed by atoms with Gasteiger partial charge in [-0.25, -0.2) is 13.2 Å². The van der Waals surface area contributed by atoms with Gasteiger partial charge in [-0.15, -0.1) is 0 Å². The average Bonchev–Trinajstić information content (AvgIpc) is 2.91. The zero-order valence-electron chi connectivity index (χ0n) is 11.0. The zero-order valence-corrected chi connectivity index (χ0v) is 11.8. The van der Waals surface area contributed by atoms with Crippen molar-refractivity contribution in [1.29, 1.82) is 0 Å². The smallest absolute Gasteiger partial charge is 0.408 e. The van der Waals surface area contributed by atoms with Crippen LogP contribution in [-0.2, 0) is 19.4 Å². The van der Waals surface area contributed by atoms with E-state index in [-0.39, 0.29) is 12.2 Å². The third kappa shape index (κ3) is 3.22. The number of carbonyl (C=O) groups excluding carboxylic acids is 2. The molecule has 0 aromatic heterocycles. The van der Waals surface area contributed by atoms with Crippen molar-refractivity contribution in [2.45, 2.75) is 50.5 Å². The summed E-state index contributed by atoms with van der Waals surface area (Å²) in [7, 11) is -3.34. The Labute approximate surface area is 107 Å². The second-order valence-electron chi connectivity index (χ2n) is 5.43. The fourth-order valence-electron chi connectivity index (χ4n) is 1.68. The van der Waals surface area contributed by atoms with E-state index in [0.717, 1.165) is 0 Å². The average molecular weight is 277 g/mol. The molecule has 0 aromatic rings. The number of rotatable bonds is 4. The first-order chi connectivity index (χ1) is 8.06. The summed E-state index contributed by atoms with van der Waals surface area (Å²) < 4.78 is 28.3. The van der Waals surface area contributed by atoms with Gasteiger partial charge in [0.15, 0.2) is 9.84 Å². The van der Waals surface area contributed by atoms with Gasteiger partial charge in [0, 0.05) is 5.75 Å². The first-order valence-electron chi connectivity index (χ1n) is 5.75. The molecule has 7 heteroatoms. The number of hydrogen-bond acceptors (Lipinski definition) is 5. The first kappa shape index (κ1) is 14.9. The van der Waals surface area contributed by atoms with E-state index in [9.17, 15) is 18.0 Å². The van der Waals surface area contributed by atoms with Crippen molar-refractivity contribution in [3.63, 3.8) is 0 Å². The lowest BCUT2D eigenvalue weighted by Gasteiger charge is -2.21. The summed E-state index contributed by atoms with van der Waals surface area (Å²) >= 11 is 0. The van der Waals surface area contributed by atoms with Crippen molar-refractivity contribution in [3.8, 4) is 0 Å². The van der Waals surface area contributed by atoms with Crippen LogP contribution >= 0.6 is 0 Å². The van der Waals surface area contributed by atoms with Gasteiger partial charge in [0.25, 0.3) is 0 Å². The van der Waals surface area contributed by atoms with E-state index in [1.165, 1.54) is 6.92 Å². The topological polar surface area (TPSA) is 89.5 Å². The molecular formula is C11H19NO5S. The van der Waals surface area contributed by atoms with Gasteiger partial charge in [-0.3, -0.25) is 0 Å². The van der Waals surface area contributed by atoms with Crippen LogP contribution in [-0.4, -0.2) is 42.9 Å². The maximum atomic E-state index is 11.7. The number of carbonyl (C=O) groups is 2. The molecule has 0 saturated heterocycles. The van der Waals surface area contributed by atoms with Gasteiger partial charge in [-0.1, -0.05) is 6.92 Å². The minimum Gasteiger partial charge on any atom is -0.444 e. The summed E-state index contributed by atoms with van der Waals surface area (Å²) in [5.41, 5.74) is -2.00. The third-order valence-corrected chi connectivity index (χ3v) is 4.98. The third-order valence-electron chi connectivity index (χ3n) is 2.72. The summed E-state index contributed by atoms with van der Waals surface area (Å²) in [5.74, 6) is -0.0523. The van der Waals surface area contributed by atoms with Crippen LogP contribution in [0.25, 0.3) is 0 Å². The minimum atomic E-state index is -3.34. The SMILES string of the molecule is CCS(=O)(=O)C1CC1(C=O)NC(=O)OC(C)(C)C. The van der Waals surface area contributed by atoms with Crippen molar-refractivity contribution in [3.05, 3.63) is 0 Å². The molecule has 18 heavy (non-hydrogen) atoms. The molecule has 0 heterocycles. The Kier molecular flexibility index (Phi) is 3.76. The van der Waals surface area contributed by atoms with Gasteiger partial charge in [-0.05, 0) is 27.2 Å². The summed E-state index contributed by atoms with van der Waals surface area (Å²) in [6.07, 6.45) is -0.177. The van der Waals surface area contributed by atoms with Gasteiger partial charge < -0.3 is 14.8 Å². The molecule has 0 spiro atoms. The van der Waals surface area contributed by atoms with Crippen LogP contribution in [0.4, 0.5) is 4.79 Å². The fraction of sp³-hybridized carbons (Fsp3) is 0.818. The highest BCUT2D eigenvalue weighted by atomic mass is 32.2. The standard InChI is InChI=1S/C11H19NO5S/c1-5-18(15,16)8-6-11(8,7-13)12-9(14)17-10(2,3)4/h7-8H,5-6H2,1-4H3,(H,12,14). The van der Waals surface area contributed by atoms with Crippen LogP contribution in [0, 0.1) is 0 Å². The Morgan fingerprint density at radius 2 is 2.06 bits per heavy atom. The Hall–Kier alpha value is -1.11. The van der Waals surface area contributed by atoms with E-state index < -0.39 is 32.3 Å². The molecule has 1 fully saturated rings. The first-order valence-corrected chi connectivity index (χ1v) is 7.47. The minimum absolute atomic E-state index is 0.0523. The van der Waals surface area contributed by atoms with Crippen LogP contribution in [0.2, 0.25) is 0 Å². The second kappa shape index (κ2) is 4.53. The molecule has 1 aliphatic rings. The van der Waals surface area contributed by atoms with Gasteiger partial charge in [0.2, 0.25) is 0 Å².